The first-order chi connectivity index (χ1) is 12.1. The van der Waals surface area contributed by atoms with Crippen molar-refractivity contribution in [3.8, 4) is 5.75 Å². The fourth-order valence-corrected chi connectivity index (χ4v) is 3.75. The van der Waals surface area contributed by atoms with Gasteiger partial charge in [0.1, 0.15) is 12.4 Å². The summed E-state index contributed by atoms with van der Waals surface area (Å²) in [7, 11) is 0. The maximum Gasteiger partial charge on any atom is 0.244 e. The second-order valence-corrected chi connectivity index (χ2v) is 7.98. The van der Waals surface area contributed by atoms with E-state index < -0.39 is 0 Å². The second-order valence-electron chi connectivity index (χ2n) is 5.48. The maximum atomic E-state index is 11.8. The summed E-state index contributed by atoms with van der Waals surface area (Å²) in [5.74, 6) is 0.635. The Morgan fingerprint density at radius 3 is 3.00 bits per heavy atom. The molecule has 0 spiro atoms. The number of carbonyl (C=O) groups is 2. The number of thiophene rings is 1. The number of ether oxygens (including phenoxy) is 1. The van der Waals surface area contributed by atoms with Crippen LogP contribution in [0.5, 0.6) is 5.75 Å². The quantitative estimate of drug-likeness (QED) is 0.553. The molecular formula is C18H17BrN2O3S. The normalized spacial score (nSPS) is 13.4. The van der Waals surface area contributed by atoms with Crippen LogP contribution < -0.4 is 15.4 Å². The van der Waals surface area contributed by atoms with Crippen molar-refractivity contribution in [2.45, 2.75) is 12.8 Å². The lowest BCUT2D eigenvalue weighted by molar-refractivity contribution is -0.117. The van der Waals surface area contributed by atoms with Crippen LogP contribution in [0, 0.1) is 0 Å². The molecule has 0 bridgehead atoms. The Labute approximate surface area is 158 Å². The lowest BCUT2D eigenvalue weighted by Crippen LogP contribution is -2.26. The van der Waals surface area contributed by atoms with Gasteiger partial charge in [-0.3, -0.25) is 9.59 Å². The average Bonchev–Trinajstić information content (AvgIpc) is 3.02. The van der Waals surface area contributed by atoms with Crippen molar-refractivity contribution in [3.05, 3.63) is 50.6 Å². The molecule has 2 aromatic rings. The van der Waals surface area contributed by atoms with E-state index in [0.29, 0.717) is 19.6 Å². The summed E-state index contributed by atoms with van der Waals surface area (Å²) < 4.78 is 6.69. The predicted molar refractivity (Wildman–Crippen MR) is 103 cm³/mol. The molecule has 3 rings (SSSR count). The van der Waals surface area contributed by atoms with E-state index in [2.05, 4.69) is 26.6 Å². The van der Waals surface area contributed by atoms with Crippen LogP contribution in [0.25, 0.3) is 6.08 Å². The molecule has 2 amide bonds. The van der Waals surface area contributed by atoms with Gasteiger partial charge in [0.2, 0.25) is 11.8 Å². The van der Waals surface area contributed by atoms with Crippen LogP contribution >= 0.6 is 27.3 Å². The summed E-state index contributed by atoms with van der Waals surface area (Å²) in [4.78, 5) is 24.1. The third-order valence-electron chi connectivity index (χ3n) is 3.64. The number of amides is 2. The van der Waals surface area contributed by atoms with Crippen molar-refractivity contribution in [2.24, 2.45) is 0 Å². The third kappa shape index (κ3) is 5.17. The summed E-state index contributed by atoms with van der Waals surface area (Å²) in [5.41, 5.74) is 1.92. The summed E-state index contributed by atoms with van der Waals surface area (Å²) in [6.07, 6.45) is 4.52. The van der Waals surface area contributed by atoms with Crippen LogP contribution in [0.4, 0.5) is 5.69 Å². The Bertz CT molecular complexity index is 816. The molecule has 0 saturated heterocycles. The smallest absolute Gasteiger partial charge is 0.244 e. The number of rotatable bonds is 6. The van der Waals surface area contributed by atoms with Gasteiger partial charge in [-0.15, -0.1) is 11.3 Å². The molecule has 1 aliphatic heterocycles. The number of aryl methyl sites for hydroxylation is 1. The molecule has 2 heterocycles. The Kier molecular flexibility index (Phi) is 5.88. The average molecular weight is 421 g/mol. The fourth-order valence-electron chi connectivity index (χ4n) is 2.43. The van der Waals surface area contributed by atoms with E-state index in [0.717, 1.165) is 32.1 Å². The SMILES string of the molecule is O=C(/C=C/c1ccc(Br)s1)NCCOc1ccc2c(c1)CCC(=O)N2. The highest BCUT2D eigenvalue weighted by Crippen LogP contribution is 2.26. The maximum absolute atomic E-state index is 11.8. The van der Waals surface area contributed by atoms with E-state index in [9.17, 15) is 9.59 Å². The van der Waals surface area contributed by atoms with Crippen molar-refractivity contribution < 1.29 is 14.3 Å². The van der Waals surface area contributed by atoms with E-state index in [4.69, 9.17) is 4.74 Å². The molecule has 25 heavy (non-hydrogen) atoms. The molecule has 5 nitrogen and oxygen atoms in total. The number of carbonyl (C=O) groups excluding carboxylic acids is 2. The highest BCUT2D eigenvalue weighted by molar-refractivity contribution is 9.11. The Balaban J connectivity index is 1.42. The number of hydrogen-bond acceptors (Lipinski definition) is 4. The molecule has 0 aliphatic carbocycles. The number of fused-ring (bicyclic) bond motifs is 1. The van der Waals surface area contributed by atoms with Crippen LogP contribution in [0.1, 0.15) is 16.9 Å². The summed E-state index contributed by atoms with van der Waals surface area (Å²) in [5, 5.41) is 5.62. The fraction of sp³-hybridized carbons (Fsp3) is 0.222. The van der Waals surface area contributed by atoms with E-state index in [1.54, 1.807) is 17.4 Å². The molecule has 7 heteroatoms. The Morgan fingerprint density at radius 2 is 2.20 bits per heavy atom. The number of anilines is 1. The van der Waals surface area contributed by atoms with Crippen molar-refractivity contribution in [1.82, 2.24) is 5.32 Å². The standard InChI is InChI=1S/C18H17BrN2O3S/c19-16-6-3-14(25-16)4-8-17(22)20-9-10-24-13-2-5-15-12(11-13)1-7-18(23)21-15/h2-6,8,11H,1,7,9-10H2,(H,20,22)(H,21,23)/b8-4+. The molecule has 1 aliphatic rings. The topological polar surface area (TPSA) is 67.4 Å². The largest absolute Gasteiger partial charge is 0.492 e. The lowest BCUT2D eigenvalue weighted by atomic mass is 10.0. The van der Waals surface area contributed by atoms with Gasteiger partial charge in [0.15, 0.2) is 0 Å². The molecule has 0 saturated carbocycles. The molecule has 0 atom stereocenters. The first-order valence-electron chi connectivity index (χ1n) is 7.87. The van der Waals surface area contributed by atoms with Crippen molar-refractivity contribution in [1.29, 1.82) is 0 Å². The van der Waals surface area contributed by atoms with E-state index in [1.807, 2.05) is 30.3 Å². The van der Waals surface area contributed by atoms with E-state index in [-0.39, 0.29) is 11.8 Å². The van der Waals surface area contributed by atoms with Crippen LogP contribution in [0.2, 0.25) is 0 Å². The monoisotopic (exact) mass is 420 g/mol. The van der Waals surface area contributed by atoms with Crippen LogP contribution in [-0.4, -0.2) is 25.0 Å². The summed E-state index contributed by atoms with van der Waals surface area (Å²) in [6, 6.07) is 9.49. The van der Waals surface area contributed by atoms with E-state index >= 15 is 0 Å². The van der Waals surface area contributed by atoms with Gasteiger partial charge in [-0.25, -0.2) is 0 Å². The molecule has 2 N–H and O–H groups in total. The Morgan fingerprint density at radius 1 is 1.32 bits per heavy atom. The predicted octanol–water partition coefficient (Wildman–Crippen LogP) is 3.60. The van der Waals surface area contributed by atoms with Crippen molar-refractivity contribution in [3.63, 3.8) is 0 Å². The van der Waals surface area contributed by atoms with E-state index in [1.165, 1.54) is 6.08 Å². The highest BCUT2D eigenvalue weighted by Gasteiger charge is 2.14. The van der Waals surface area contributed by atoms with Gasteiger partial charge in [0.25, 0.3) is 0 Å². The molecule has 0 unspecified atom stereocenters. The van der Waals surface area contributed by atoms with Gasteiger partial charge in [-0.2, -0.15) is 0 Å². The number of hydrogen-bond donors (Lipinski definition) is 2. The minimum Gasteiger partial charge on any atom is -0.492 e. The lowest BCUT2D eigenvalue weighted by Gasteiger charge is -2.17. The van der Waals surface area contributed by atoms with Crippen molar-refractivity contribution in [2.75, 3.05) is 18.5 Å². The van der Waals surface area contributed by atoms with Crippen LogP contribution in [-0.2, 0) is 16.0 Å². The molecule has 0 fully saturated rings. The zero-order chi connectivity index (χ0) is 17.6. The van der Waals surface area contributed by atoms with Gasteiger partial charge in [-0.1, -0.05) is 0 Å². The summed E-state index contributed by atoms with van der Waals surface area (Å²) in [6.45, 7) is 0.806. The number of benzene rings is 1. The van der Waals surface area contributed by atoms with Gasteiger partial charge < -0.3 is 15.4 Å². The second kappa shape index (κ2) is 8.31. The molecule has 0 radical (unpaired) electrons. The Hall–Kier alpha value is -2.12. The van der Waals surface area contributed by atoms with Gasteiger partial charge in [-0.05, 0) is 64.3 Å². The minimum absolute atomic E-state index is 0.0480. The summed E-state index contributed by atoms with van der Waals surface area (Å²) >= 11 is 4.95. The van der Waals surface area contributed by atoms with Crippen LogP contribution in [0.15, 0.2) is 40.2 Å². The third-order valence-corrected chi connectivity index (χ3v) is 5.22. The van der Waals surface area contributed by atoms with Crippen molar-refractivity contribution >= 4 is 50.8 Å². The zero-order valence-corrected chi connectivity index (χ0v) is 15.8. The molecule has 1 aromatic heterocycles. The number of halogens is 1. The van der Waals surface area contributed by atoms with Gasteiger partial charge >= 0.3 is 0 Å². The van der Waals surface area contributed by atoms with Crippen LogP contribution in [0.3, 0.4) is 0 Å². The molecule has 130 valence electrons. The zero-order valence-electron chi connectivity index (χ0n) is 13.4. The highest BCUT2D eigenvalue weighted by atomic mass is 79.9. The van der Waals surface area contributed by atoms with Gasteiger partial charge in [0.05, 0.1) is 10.3 Å². The first kappa shape index (κ1) is 17.7. The minimum atomic E-state index is -0.152. The van der Waals surface area contributed by atoms with Gasteiger partial charge in [0, 0.05) is 23.1 Å². The molecular weight excluding hydrogens is 404 g/mol. The number of nitrogens with one attached hydrogen (secondary N) is 2. The first-order valence-corrected chi connectivity index (χ1v) is 9.48. The molecule has 1 aromatic carbocycles.